The van der Waals surface area contributed by atoms with Crippen LogP contribution in [0.4, 0.5) is 15.8 Å². The second-order valence-corrected chi connectivity index (χ2v) is 8.93. The molecular formula is C22H32BrFN2O2P+. The largest absolute Gasteiger partial charge is 0.385 e. The summed E-state index contributed by atoms with van der Waals surface area (Å²) in [4.78, 5) is 0. The average molecular weight is 486 g/mol. The number of nitrogens with zero attached hydrogens (tertiary/aromatic N) is 1. The van der Waals surface area contributed by atoms with E-state index >= 15 is 0 Å². The Morgan fingerprint density at radius 2 is 1.97 bits per heavy atom. The van der Waals surface area contributed by atoms with E-state index in [1.54, 1.807) is 13.1 Å². The second-order valence-electron chi connectivity index (χ2n) is 7.56. The Balaban J connectivity index is 0.00000145. The van der Waals surface area contributed by atoms with E-state index < -0.39 is 10.4 Å². The molecule has 3 atom stereocenters. The Kier molecular flexibility index (Phi) is 7.86. The maximum absolute atomic E-state index is 13.7. The van der Waals surface area contributed by atoms with Gasteiger partial charge in [-0.15, -0.1) is 9.24 Å². The van der Waals surface area contributed by atoms with E-state index in [1.165, 1.54) is 6.07 Å². The minimum Gasteiger partial charge on any atom is -0.385 e. The molecule has 29 heavy (non-hydrogen) atoms. The Morgan fingerprint density at radius 1 is 1.31 bits per heavy atom. The fourth-order valence-corrected chi connectivity index (χ4v) is 4.39. The maximum Gasteiger partial charge on any atom is 0.194 e. The van der Waals surface area contributed by atoms with E-state index in [0.29, 0.717) is 34.0 Å². The normalized spacial score (nSPS) is 19.8. The second kappa shape index (κ2) is 9.40. The molecule has 1 aliphatic rings. The maximum atomic E-state index is 13.7. The van der Waals surface area contributed by atoms with Crippen LogP contribution in [0.25, 0.3) is 0 Å². The zero-order chi connectivity index (χ0) is 22.0. The lowest BCUT2D eigenvalue weighted by atomic mass is 9.94. The molecule has 3 unspecified atom stereocenters. The molecule has 0 radical (unpaired) electrons. The van der Waals surface area contributed by atoms with Crippen LogP contribution >= 0.6 is 25.2 Å². The Bertz CT molecular complexity index is 888. The first kappa shape index (κ1) is 24.2. The molecule has 1 aliphatic carbocycles. The van der Waals surface area contributed by atoms with Gasteiger partial charge in [0.25, 0.3) is 0 Å². The molecule has 0 bridgehead atoms. The van der Waals surface area contributed by atoms with Crippen LogP contribution < -0.4 is 15.5 Å². The Labute approximate surface area is 184 Å². The summed E-state index contributed by atoms with van der Waals surface area (Å²) in [5, 5.41) is 22.6. The first-order valence-corrected chi connectivity index (χ1v) is 11.4. The molecule has 0 saturated carbocycles. The van der Waals surface area contributed by atoms with Crippen molar-refractivity contribution in [1.29, 1.82) is 0 Å². The number of hydroxylamine groups is 1. The predicted octanol–water partition coefficient (Wildman–Crippen LogP) is 5.57. The van der Waals surface area contributed by atoms with E-state index in [0.717, 1.165) is 29.5 Å². The summed E-state index contributed by atoms with van der Waals surface area (Å²) >= 11 is 3.23. The van der Waals surface area contributed by atoms with E-state index in [9.17, 15) is 14.7 Å². The van der Waals surface area contributed by atoms with Crippen LogP contribution in [0.3, 0.4) is 0 Å². The number of anilines is 1. The van der Waals surface area contributed by atoms with E-state index in [-0.39, 0.29) is 5.82 Å². The van der Waals surface area contributed by atoms with Gasteiger partial charge in [-0.2, -0.15) is 10.6 Å². The van der Waals surface area contributed by atoms with E-state index in [4.69, 9.17) is 0 Å². The number of benzene rings is 2. The van der Waals surface area contributed by atoms with Gasteiger partial charge in [-0.3, -0.25) is 0 Å². The molecule has 0 aromatic heterocycles. The topological polar surface area (TPSA) is 52.5 Å². The lowest BCUT2D eigenvalue weighted by Gasteiger charge is -2.29. The van der Waals surface area contributed by atoms with Gasteiger partial charge in [0, 0.05) is 16.9 Å². The molecule has 0 saturated heterocycles. The van der Waals surface area contributed by atoms with Gasteiger partial charge in [0.1, 0.15) is 12.9 Å². The molecule has 0 spiro atoms. The number of hydrogen-bond acceptors (Lipinski definition) is 3. The Morgan fingerprint density at radius 3 is 2.59 bits per heavy atom. The van der Waals surface area contributed by atoms with Gasteiger partial charge in [-0.1, -0.05) is 38.0 Å². The van der Waals surface area contributed by atoms with Crippen LogP contribution in [0.15, 0.2) is 28.7 Å². The zero-order valence-corrected chi connectivity index (χ0v) is 20.6. The summed E-state index contributed by atoms with van der Waals surface area (Å²) in [5.41, 5.74) is 6.43. The number of quaternary nitrogens is 1. The number of aryl methyl sites for hydroxylation is 1. The monoisotopic (exact) mass is 485 g/mol. The molecule has 2 aromatic rings. The standard InChI is InChI=1S/C20H26BrFN2O2P.C2H6/c1-4-5-12-10-14-13(8-9-20(14,2)25)17(11-12)24(3,26)23-16-7-6-15(22)18(21)19(16)27;1-2/h6-7,10-11,23,25-26H,4-5,8-9,27H2,1-3H3;1-2H3/q+1;. The van der Waals surface area contributed by atoms with Crippen LogP contribution in [0, 0.1) is 5.82 Å². The molecular weight excluding hydrogens is 454 g/mol. The van der Waals surface area contributed by atoms with Gasteiger partial charge in [-0.05, 0) is 65.4 Å². The number of fused-ring (bicyclic) bond motifs is 1. The van der Waals surface area contributed by atoms with Gasteiger partial charge in [0.2, 0.25) is 0 Å². The summed E-state index contributed by atoms with van der Waals surface area (Å²) in [6.07, 6.45) is 3.17. The third-order valence-electron chi connectivity index (χ3n) is 5.21. The molecule has 3 rings (SSSR count). The number of nitrogens with one attached hydrogen (secondary N) is 1. The number of rotatable bonds is 5. The van der Waals surface area contributed by atoms with Crippen molar-refractivity contribution < 1.29 is 14.7 Å². The summed E-state index contributed by atoms with van der Waals surface area (Å²) in [5.74, 6) is -0.362. The first-order chi connectivity index (χ1) is 13.6. The van der Waals surface area contributed by atoms with Crippen LogP contribution in [-0.2, 0) is 18.4 Å². The molecule has 160 valence electrons. The van der Waals surface area contributed by atoms with Crippen molar-refractivity contribution in [2.75, 3.05) is 12.5 Å². The number of hydrogen-bond donors (Lipinski definition) is 3. The van der Waals surface area contributed by atoms with Gasteiger partial charge >= 0.3 is 0 Å². The van der Waals surface area contributed by atoms with Crippen molar-refractivity contribution in [1.82, 2.24) is 4.76 Å². The van der Waals surface area contributed by atoms with Crippen LogP contribution in [0.1, 0.15) is 57.2 Å². The van der Waals surface area contributed by atoms with Gasteiger partial charge in [-0.25, -0.2) is 4.39 Å². The number of halogens is 2. The number of aliphatic hydroxyl groups is 1. The summed E-state index contributed by atoms with van der Waals surface area (Å²) in [6.45, 7) is 7.93. The van der Waals surface area contributed by atoms with Crippen molar-refractivity contribution in [2.24, 2.45) is 0 Å². The average Bonchev–Trinajstić information content (AvgIpc) is 2.98. The molecule has 3 N–H and O–H groups in total. The summed E-state index contributed by atoms with van der Waals surface area (Å²) in [7, 11) is 4.13. The van der Waals surface area contributed by atoms with Crippen molar-refractivity contribution in [3.63, 3.8) is 0 Å². The molecule has 0 amide bonds. The van der Waals surface area contributed by atoms with Crippen molar-refractivity contribution in [3.8, 4) is 0 Å². The van der Waals surface area contributed by atoms with Crippen LogP contribution in [0.2, 0.25) is 0 Å². The highest BCUT2D eigenvalue weighted by atomic mass is 79.9. The fourth-order valence-electron chi connectivity index (χ4n) is 3.74. The zero-order valence-electron chi connectivity index (χ0n) is 17.8. The molecule has 2 aromatic carbocycles. The highest BCUT2D eigenvalue weighted by Gasteiger charge is 2.39. The minimum absolute atomic E-state index is 0.338. The smallest absolute Gasteiger partial charge is 0.194 e. The van der Waals surface area contributed by atoms with Gasteiger partial charge < -0.3 is 5.11 Å². The highest BCUT2D eigenvalue weighted by molar-refractivity contribution is 9.10. The van der Waals surface area contributed by atoms with E-state index in [1.807, 2.05) is 26.8 Å². The Hall–Kier alpha value is -1.04. The van der Waals surface area contributed by atoms with Crippen LogP contribution in [0.5, 0.6) is 0 Å². The molecule has 7 heteroatoms. The van der Waals surface area contributed by atoms with Crippen molar-refractivity contribution in [3.05, 3.63) is 51.2 Å². The SMILES string of the molecule is CC.CCCc1cc2c(c([N+](C)(O)Nc3ccc(F)c(Br)c3P)c1)CCC2(C)O. The molecule has 0 fully saturated rings. The summed E-state index contributed by atoms with van der Waals surface area (Å²) in [6, 6.07) is 7.01. The van der Waals surface area contributed by atoms with Crippen LogP contribution in [-0.4, -0.2) is 17.4 Å². The predicted molar refractivity (Wildman–Crippen MR) is 126 cm³/mol. The lowest BCUT2D eigenvalue weighted by molar-refractivity contribution is -0.0301. The van der Waals surface area contributed by atoms with Gasteiger partial charge in [0.15, 0.2) is 5.69 Å². The highest BCUT2D eigenvalue weighted by Crippen LogP contribution is 2.43. The van der Waals surface area contributed by atoms with Crippen molar-refractivity contribution in [2.45, 2.75) is 59.0 Å². The van der Waals surface area contributed by atoms with Crippen molar-refractivity contribution >= 4 is 41.8 Å². The fraction of sp³-hybridized carbons (Fsp3) is 0.455. The molecule has 4 nitrogen and oxygen atoms in total. The molecule has 0 aliphatic heterocycles. The lowest BCUT2D eigenvalue weighted by Crippen LogP contribution is -2.48. The summed E-state index contributed by atoms with van der Waals surface area (Å²) < 4.78 is 13.5. The third kappa shape index (κ3) is 5.00. The van der Waals surface area contributed by atoms with E-state index in [2.05, 4.69) is 43.6 Å². The third-order valence-corrected chi connectivity index (χ3v) is 7.04. The first-order valence-electron chi connectivity index (χ1n) is 10.1. The van der Waals surface area contributed by atoms with Gasteiger partial charge in [0.05, 0.1) is 15.8 Å². The molecule has 0 heterocycles. The minimum atomic E-state index is -0.890. The quantitative estimate of drug-likeness (QED) is 0.294.